The average molecular weight is 445 g/mol. The summed E-state index contributed by atoms with van der Waals surface area (Å²) in [5, 5.41) is 0.132. The lowest BCUT2D eigenvalue weighted by Crippen LogP contribution is -2.40. The van der Waals surface area contributed by atoms with Crippen LogP contribution in [0.15, 0.2) is 14.7 Å². The van der Waals surface area contributed by atoms with Crippen molar-refractivity contribution in [1.82, 2.24) is 4.31 Å². The molecule has 110 valence electrons. The van der Waals surface area contributed by atoms with Crippen molar-refractivity contribution in [2.45, 2.75) is 18.0 Å². The first-order valence-corrected chi connectivity index (χ1v) is 9.14. The molecule has 0 saturated heterocycles. The van der Waals surface area contributed by atoms with E-state index in [1.807, 2.05) is 0 Å². The van der Waals surface area contributed by atoms with Gasteiger partial charge in [-0.25, -0.2) is 8.42 Å². The maximum Gasteiger partial charge on any atom is 0.402 e. The Balaban J connectivity index is 3.16. The Labute approximate surface area is 130 Å². The number of rotatable bonds is 5. The van der Waals surface area contributed by atoms with E-state index in [4.69, 9.17) is 0 Å². The van der Waals surface area contributed by atoms with E-state index >= 15 is 0 Å². The highest BCUT2D eigenvalue weighted by Gasteiger charge is 2.37. The topological polar surface area (TPSA) is 37.4 Å². The van der Waals surface area contributed by atoms with Gasteiger partial charge in [0.05, 0.1) is 8.68 Å². The molecule has 1 rings (SSSR count). The van der Waals surface area contributed by atoms with Gasteiger partial charge in [-0.2, -0.15) is 17.5 Å². The van der Waals surface area contributed by atoms with Gasteiger partial charge in [-0.3, -0.25) is 0 Å². The van der Waals surface area contributed by atoms with Gasteiger partial charge < -0.3 is 0 Å². The van der Waals surface area contributed by atoms with Crippen molar-refractivity contribution < 1.29 is 21.6 Å². The van der Waals surface area contributed by atoms with Gasteiger partial charge in [-0.05, 0) is 28.9 Å². The molecule has 0 N–H and O–H groups in total. The van der Waals surface area contributed by atoms with E-state index in [0.29, 0.717) is 13.0 Å². The van der Waals surface area contributed by atoms with Crippen LogP contribution in [0, 0.1) is 6.92 Å². The molecule has 0 saturated carbocycles. The number of sulfonamides is 1. The summed E-state index contributed by atoms with van der Waals surface area (Å²) in [7, 11) is -4.14. The van der Waals surface area contributed by atoms with Crippen molar-refractivity contribution >= 4 is 53.2 Å². The zero-order chi connectivity index (χ0) is 14.8. The maximum absolute atomic E-state index is 12.5. The Morgan fingerprint density at radius 3 is 2.37 bits per heavy atom. The Morgan fingerprint density at radius 1 is 1.42 bits per heavy atom. The largest absolute Gasteiger partial charge is 0.402 e. The van der Waals surface area contributed by atoms with Crippen LogP contribution in [-0.4, -0.2) is 37.3 Å². The van der Waals surface area contributed by atoms with E-state index in [1.54, 1.807) is 6.92 Å². The SMILES string of the molecule is Cc1sc(Br)cc1S(=O)(=O)N(CCBr)CC(F)(F)F. The van der Waals surface area contributed by atoms with Gasteiger partial charge in [-0.15, -0.1) is 11.3 Å². The normalized spacial score (nSPS) is 13.2. The lowest BCUT2D eigenvalue weighted by Gasteiger charge is -2.22. The number of aryl methyl sites for hydroxylation is 1. The molecule has 0 atom stereocenters. The van der Waals surface area contributed by atoms with Crippen molar-refractivity contribution in [1.29, 1.82) is 0 Å². The molecule has 1 aromatic rings. The van der Waals surface area contributed by atoms with Crippen LogP contribution in [0.2, 0.25) is 0 Å². The summed E-state index contributed by atoms with van der Waals surface area (Å²) in [5.41, 5.74) is 0. The first kappa shape index (κ1) is 17.4. The summed E-state index contributed by atoms with van der Waals surface area (Å²) in [6.45, 7) is -0.176. The number of thiophene rings is 1. The number of halogens is 5. The molecule has 0 radical (unpaired) electrons. The maximum atomic E-state index is 12.5. The van der Waals surface area contributed by atoms with Gasteiger partial charge >= 0.3 is 6.18 Å². The molecule has 1 heterocycles. The number of hydrogen-bond acceptors (Lipinski definition) is 3. The van der Waals surface area contributed by atoms with Crippen molar-refractivity contribution in [2.24, 2.45) is 0 Å². The van der Waals surface area contributed by atoms with E-state index in [-0.39, 0.29) is 16.8 Å². The molecule has 0 bridgehead atoms. The quantitative estimate of drug-likeness (QED) is 0.648. The van der Waals surface area contributed by atoms with Crippen LogP contribution < -0.4 is 0 Å². The van der Waals surface area contributed by atoms with E-state index in [2.05, 4.69) is 31.9 Å². The highest BCUT2D eigenvalue weighted by atomic mass is 79.9. The first-order valence-electron chi connectivity index (χ1n) is 4.96. The molecule has 0 spiro atoms. The number of alkyl halides is 4. The van der Waals surface area contributed by atoms with Crippen LogP contribution in [0.3, 0.4) is 0 Å². The molecular weight excluding hydrogens is 435 g/mol. The molecule has 0 unspecified atom stereocenters. The molecule has 1 aromatic heterocycles. The number of nitrogens with zero attached hydrogens (tertiary/aromatic N) is 1. The van der Waals surface area contributed by atoms with Crippen molar-refractivity contribution in [2.75, 3.05) is 18.4 Å². The van der Waals surface area contributed by atoms with Gasteiger partial charge in [0, 0.05) is 16.8 Å². The number of hydrogen-bond donors (Lipinski definition) is 0. The molecule has 3 nitrogen and oxygen atoms in total. The van der Waals surface area contributed by atoms with Crippen LogP contribution in [0.1, 0.15) is 4.88 Å². The third-order valence-corrected chi connectivity index (χ3v) is 6.16. The van der Waals surface area contributed by atoms with Gasteiger partial charge in [0.25, 0.3) is 0 Å². The van der Waals surface area contributed by atoms with Gasteiger partial charge in [0.15, 0.2) is 0 Å². The highest BCUT2D eigenvalue weighted by molar-refractivity contribution is 9.11. The second-order valence-corrected chi connectivity index (χ2v) is 8.95. The van der Waals surface area contributed by atoms with Gasteiger partial charge in [0.1, 0.15) is 6.54 Å². The average Bonchev–Trinajstić information content (AvgIpc) is 2.56. The zero-order valence-electron chi connectivity index (χ0n) is 9.67. The summed E-state index contributed by atoms with van der Waals surface area (Å²) < 4.78 is 62.8. The standard InChI is InChI=1S/C9H10Br2F3NO2S2/c1-6-7(4-8(11)18-6)19(16,17)15(3-2-10)5-9(12,13)14/h4H,2-3,5H2,1H3. The molecule has 0 fully saturated rings. The van der Waals surface area contributed by atoms with E-state index in [0.717, 1.165) is 0 Å². The zero-order valence-corrected chi connectivity index (χ0v) is 14.5. The van der Waals surface area contributed by atoms with E-state index in [1.165, 1.54) is 17.4 Å². The Bertz CT molecular complexity index is 542. The van der Waals surface area contributed by atoms with Gasteiger partial charge in [0.2, 0.25) is 10.0 Å². The van der Waals surface area contributed by atoms with Crippen molar-refractivity contribution in [3.05, 3.63) is 14.7 Å². The van der Waals surface area contributed by atoms with Crippen molar-refractivity contribution in [3.63, 3.8) is 0 Å². The molecule has 0 aliphatic heterocycles. The minimum absolute atomic E-state index is 0.0884. The van der Waals surface area contributed by atoms with E-state index in [9.17, 15) is 21.6 Å². The minimum Gasteiger partial charge on any atom is -0.207 e. The molecule has 0 aromatic carbocycles. The second kappa shape index (κ2) is 6.42. The van der Waals surface area contributed by atoms with E-state index < -0.39 is 22.7 Å². The molecule has 10 heteroatoms. The Hall–Kier alpha value is 0.360. The fraction of sp³-hybridized carbons (Fsp3) is 0.556. The summed E-state index contributed by atoms with van der Waals surface area (Å²) in [6.07, 6.45) is -4.57. The molecule has 0 aliphatic carbocycles. The summed E-state index contributed by atoms with van der Waals surface area (Å²) in [5.74, 6) is 0. The predicted octanol–water partition coefficient (Wildman–Crippen LogP) is 3.77. The Morgan fingerprint density at radius 2 is 2.00 bits per heavy atom. The summed E-state index contributed by atoms with van der Waals surface area (Å²) >= 11 is 7.26. The third kappa shape index (κ3) is 4.69. The van der Waals surface area contributed by atoms with Crippen molar-refractivity contribution in [3.8, 4) is 0 Å². The summed E-state index contributed by atoms with van der Waals surface area (Å²) in [6, 6.07) is 1.33. The third-order valence-electron chi connectivity index (χ3n) is 2.15. The van der Waals surface area contributed by atoms with Crippen LogP contribution in [-0.2, 0) is 10.0 Å². The van der Waals surface area contributed by atoms with Crippen LogP contribution in [0.4, 0.5) is 13.2 Å². The minimum atomic E-state index is -4.57. The van der Waals surface area contributed by atoms with Crippen LogP contribution in [0.5, 0.6) is 0 Å². The predicted molar refractivity (Wildman–Crippen MR) is 75.4 cm³/mol. The molecule has 19 heavy (non-hydrogen) atoms. The lowest BCUT2D eigenvalue weighted by molar-refractivity contribution is -0.135. The first-order chi connectivity index (χ1) is 8.58. The molecule has 0 aliphatic rings. The Kier molecular flexibility index (Phi) is 5.88. The second-order valence-electron chi connectivity index (χ2n) is 3.61. The summed E-state index contributed by atoms with van der Waals surface area (Å²) in [4.78, 5) is 0.364. The highest BCUT2D eigenvalue weighted by Crippen LogP contribution is 2.32. The smallest absolute Gasteiger partial charge is 0.207 e. The van der Waals surface area contributed by atoms with Crippen LogP contribution >= 0.6 is 43.2 Å². The molecular formula is C9H10Br2F3NO2S2. The molecule has 0 amide bonds. The van der Waals surface area contributed by atoms with Gasteiger partial charge in [-0.1, -0.05) is 15.9 Å². The fourth-order valence-electron chi connectivity index (χ4n) is 1.40. The fourth-order valence-corrected chi connectivity index (χ4v) is 5.88. The lowest BCUT2D eigenvalue weighted by atomic mass is 10.5. The van der Waals surface area contributed by atoms with Crippen LogP contribution in [0.25, 0.3) is 0 Å². The monoisotopic (exact) mass is 443 g/mol.